The molecule has 146 valence electrons. The van der Waals surface area contributed by atoms with Crippen LogP contribution in [-0.2, 0) is 26.2 Å². The first-order valence-corrected chi connectivity index (χ1v) is 9.89. The second-order valence-electron chi connectivity index (χ2n) is 6.39. The van der Waals surface area contributed by atoms with Crippen LogP contribution in [0.1, 0.15) is 19.4 Å². The van der Waals surface area contributed by atoms with Crippen LogP contribution in [0.15, 0.2) is 59.5 Å². The van der Waals surface area contributed by atoms with Crippen LogP contribution in [0.25, 0.3) is 0 Å². The minimum atomic E-state index is -4.02. The molecule has 0 bridgehead atoms. The third kappa shape index (κ3) is 5.06. The maximum Gasteiger partial charge on any atom is 0.262 e. The summed E-state index contributed by atoms with van der Waals surface area (Å²) in [6, 6.07) is 13.3. The molecule has 1 amide bonds. The minimum absolute atomic E-state index is 0.00732. The molecule has 2 rings (SSSR count). The van der Waals surface area contributed by atoms with E-state index in [4.69, 9.17) is 4.84 Å². The van der Waals surface area contributed by atoms with Crippen molar-refractivity contribution < 1.29 is 23.2 Å². The number of sulfonamides is 1. The number of carbonyl (C=O) groups is 1. The Morgan fingerprint density at radius 2 is 1.70 bits per heavy atom. The van der Waals surface area contributed by atoms with Crippen molar-refractivity contribution in [3.8, 4) is 5.75 Å². The molecule has 0 aliphatic carbocycles. The second-order valence-corrected chi connectivity index (χ2v) is 8.28. The number of benzene rings is 2. The van der Waals surface area contributed by atoms with Gasteiger partial charge in [0.05, 0.1) is 12.0 Å². The molecule has 2 aromatic carbocycles. The lowest BCUT2D eigenvalue weighted by molar-refractivity contribution is -0.136. The van der Waals surface area contributed by atoms with E-state index in [0.29, 0.717) is 0 Å². The Bertz CT molecular complexity index is 851. The lowest BCUT2D eigenvalue weighted by Gasteiger charge is -2.32. The molecule has 0 heterocycles. The van der Waals surface area contributed by atoms with Gasteiger partial charge in [0.25, 0.3) is 5.91 Å². The molecular weight excluding hydrogens is 367 g/mol. The third-order valence-corrected chi connectivity index (χ3v) is 5.88. The minimum Gasteiger partial charge on any atom is -0.508 e. The van der Waals surface area contributed by atoms with Gasteiger partial charge in [-0.15, -0.1) is 0 Å². The quantitative estimate of drug-likeness (QED) is 0.673. The molecular formula is C19H24N2O5S. The maximum absolute atomic E-state index is 13.3. The largest absolute Gasteiger partial charge is 0.508 e. The molecule has 0 saturated carbocycles. The van der Waals surface area contributed by atoms with Crippen LogP contribution in [0.2, 0.25) is 0 Å². The Hall–Kier alpha value is -2.42. The van der Waals surface area contributed by atoms with E-state index in [1.807, 2.05) is 6.07 Å². The lowest BCUT2D eigenvalue weighted by Crippen LogP contribution is -2.51. The number of carbonyl (C=O) groups excluding carboxylic acids is 1. The van der Waals surface area contributed by atoms with Gasteiger partial charge in [-0.2, -0.15) is 4.31 Å². The number of hydrogen-bond acceptors (Lipinski definition) is 5. The Morgan fingerprint density at radius 1 is 1.11 bits per heavy atom. The maximum atomic E-state index is 13.3. The number of aromatic hydroxyl groups is 1. The summed E-state index contributed by atoms with van der Waals surface area (Å²) < 4.78 is 27.8. The fourth-order valence-corrected chi connectivity index (χ4v) is 4.48. The highest BCUT2D eigenvalue weighted by Gasteiger charge is 2.38. The Balaban J connectivity index is 2.53. The van der Waals surface area contributed by atoms with Gasteiger partial charge in [-0.1, -0.05) is 44.2 Å². The summed E-state index contributed by atoms with van der Waals surface area (Å²) in [4.78, 5) is 17.3. The van der Waals surface area contributed by atoms with Crippen molar-refractivity contribution in [1.29, 1.82) is 0 Å². The Kier molecular flexibility index (Phi) is 6.95. The molecule has 2 aromatic rings. The number of rotatable bonds is 8. The molecule has 0 aromatic heterocycles. The van der Waals surface area contributed by atoms with E-state index in [9.17, 15) is 18.3 Å². The number of amides is 1. The number of nitrogens with zero attached hydrogens (tertiary/aromatic N) is 1. The number of phenols is 1. The number of hydroxylamine groups is 1. The summed E-state index contributed by atoms with van der Waals surface area (Å²) in [6.07, 6.45) is 0. The first kappa shape index (κ1) is 20.9. The van der Waals surface area contributed by atoms with E-state index in [1.54, 1.807) is 38.1 Å². The van der Waals surface area contributed by atoms with Crippen LogP contribution in [0.4, 0.5) is 0 Å². The molecule has 0 aliphatic rings. The van der Waals surface area contributed by atoms with E-state index in [2.05, 4.69) is 5.48 Å². The zero-order chi connectivity index (χ0) is 20.0. The summed E-state index contributed by atoms with van der Waals surface area (Å²) in [6.45, 7) is 3.55. The molecule has 8 heteroatoms. The summed E-state index contributed by atoms with van der Waals surface area (Å²) in [5, 5.41) is 9.46. The Labute approximate surface area is 159 Å². The van der Waals surface area contributed by atoms with E-state index < -0.39 is 22.0 Å². The molecule has 2 N–H and O–H groups in total. The van der Waals surface area contributed by atoms with E-state index in [0.717, 1.165) is 9.87 Å². The molecule has 0 radical (unpaired) electrons. The average Bonchev–Trinajstić information content (AvgIpc) is 2.62. The van der Waals surface area contributed by atoms with Gasteiger partial charge in [0.2, 0.25) is 10.0 Å². The topological polar surface area (TPSA) is 95.9 Å². The zero-order valence-corrected chi connectivity index (χ0v) is 16.3. The molecule has 0 aliphatic heterocycles. The number of phenolic OH excluding ortho intramolecular Hbond substituents is 1. The van der Waals surface area contributed by atoms with Gasteiger partial charge in [-0.3, -0.25) is 9.63 Å². The van der Waals surface area contributed by atoms with Gasteiger partial charge in [-0.05, 0) is 35.7 Å². The Morgan fingerprint density at radius 3 is 2.22 bits per heavy atom. The van der Waals surface area contributed by atoms with Crippen LogP contribution in [-0.4, -0.2) is 36.9 Å². The average molecular weight is 391 g/mol. The van der Waals surface area contributed by atoms with Crippen molar-refractivity contribution in [3.63, 3.8) is 0 Å². The van der Waals surface area contributed by atoms with Crippen molar-refractivity contribution >= 4 is 15.9 Å². The van der Waals surface area contributed by atoms with E-state index in [1.165, 1.54) is 31.4 Å². The van der Waals surface area contributed by atoms with Crippen LogP contribution in [0, 0.1) is 5.92 Å². The summed E-state index contributed by atoms with van der Waals surface area (Å²) in [5.41, 5.74) is 2.99. The SMILES string of the molecule is CC(C)[C@H](C(=O)NO[11CH3])N(Cc1ccccc1)S(=O)(=O)c1ccc(O)cc1. The van der Waals surface area contributed by atoms with Gasteiger partial charge >= 0.3 is 0 Å². The van der Waals surface area contributed by atoms with Gasteiger partial charge in [0.15, 0.2) is 0 Å². The first-order valence-electron chi connectivity index (χ1n) is 8.45. The van der Waals surface area contributed by atoms with Crippen LogP contribution < -0.4 is 5.48 Å². The molecule has 0 unspecified atom stereocenters. The summed E-state index contributed by atoms with van der Waals surface area (Å²) >= 11 is 0. The number of nitrogens with one attached hydrogen (secondary N) is 1. The van der Waals surface area contributed by atoms with Crippen molar-refractivity contribution in [1.82, 2.24) is 9.79 Å². The lowest BCUT2D eigenvalue weighted by atomic mass is 10.0. The third-order valence-electron chi connectivity index (χ3n) is 4.04. The van der Waals surface area contributed by atoms with Crippen LogP contribution >= 0.6 is 0 Å². The highest BCUT2D eigenvalue weighted by Crippen LogP contribution is 2.26. The normalized spacial score (nSPS) is 12.9. The van der Waals surface area contributed by atoms with Crippen molar-refractivity contribution in [2.75, 3.05) is 7.11 Å². The van der Waals surface area contributed by atoms with E-state index >= 15 is 0 Å². The molecule has 0 spiro atoms. The molecule has 0 fully saturated rings. The van der Waals surface area contributed by atoms with Gasteiger partial charge in [0, 0.05) is 6.54 Å². The monoisotopic (exact) mass is 391 g/mol. The molecule has 27 heavy (non-hydrogen) atoms. The molecule has 0 saturated heterocycles. The van der Waals surface area contributed by atoms with Gasteiger partial charge < -0.3 is 5.11 Å². The highest BCUT2D eigenvalue weighted by molar-refractivity contribution is 7.89. The predicted molar refractivity (Wildman–Crippen MR) is 101 cm³/mol. The zero-order valence-electron chi connectivity index (χ0n) is 15.5. The van der Waals surface area contributed by atoms with Crippen LogP contribution in [0.5, 0.6) is 5.75 Å². The fourth-order valence-electron chi connectivity index (χ4n) is 2.78. The fraction of sp³-hybridized carbons (Fsp3) is 0.316. The van der Waals surface area contributed by atoms with Crippen molar-refractivity contribution in [2.24, 2.45) is 5.92 Å². The van der Waals surface area contributed by atoms with Gasteiger partial charge in [-0.25, -0.2) is 13.9 Å². The van der Waals surface area contributed by atoms with Crippen molar-refractivity contribution in [3.05, 3.63) is 60.2 Å². The molecule has 1 atom stereocenters. The standard InChI is InChI=1S/C19H24N2O5S/c1-14(2)18(19(23)20-26-3)21(13-15-7-5-4-6-8-15)27(24,25)17-11-9-16(22)10-12-17/h4-12,14,18,22H,13H2,1-3H3,(H,20,23)/t18-/m1/s1/i3-1. The molecule has 7 nitrogen and oxygen atoms in total. The van der Waals surface area contributed by atoms with Crippen molar-refractivity contribution in [2.45, 2.75) is 31.3 Å². The predicted octanol–water partition coefficient (Wildman–Crippen LogP) is 2.29. The summed E-state index contributed by atoms with van der Waals surface area (Å²) in [7, 11) is -2.72. The highest BCUT2D eigenvalue weighted by atomic mass is 32.2. The first-order chi connectivity index (χ1) is 12.8. The number of hydrogen-bond donors (Lipinski definition) is 2. The van der Waals surface area contributed by atoms with Crippen LogP contribution in [0.3, 0.4) is 0 Å². The van der Waals surface area contributed by atoms with E-state index in [-0.39, 0.29) is 23.1 Å². The van der Waals surface area contributed by atoms with Gasteiger partial charge in [0.1, 0.15) is 11.8 Å². The smallest absolute Gasteiger partial charge is 0.262 e. The summed E-state index contributed by atoms with van der Waals surface area (Å²) in [5.74, 6) is -0.900. The second kappa shape index (κ2) is 8.98.